The SMILES string of the molecule is CN1CCCC(N(C)C(=O)c2ccc(N)c([N+](=O)[O-])c2)C1. The number of nitrogens with zero attached hydrogens (tertiary/aromatic N) is 3. The number of nitrogens with two attached hydrogens (primary N) is 1. The lowest BCUT2D eigenvalue weighted by Gasteiger charge is -2.35. The number of anilines is 1. The Morgan fingerprint density at radius 1 is 1.52 bits per heavy atom. The van der Waals surface area contributed by atoms with Crippen LogP contribution in [0.2, 0.25) is 0 Å². The van der Waals surface area contributed by atoms with Crippen molar-refractivity contribution in [1.29, 1.82) is 0 Å². The number of hydrogen-bond donors (Lipinski definition) is 1. The Bertz CT molecular complexity index is 561. The summed E-state index contributed by atoms with van der Waals surface area (Å²) in [6.45, 7) is 1.85. The average molecular weight is 292 g/mol. The zero-order valence-corrected chi connectivity index (χ0v) is 12.3. The molecule has 0 bridgehead atoms. The lowest BCUT2D eigenvalue weighted by Crippen LogP contribution is -2.47. The number of amides is 1. The van der Waals surface area contributed by atoms with Gasteiger partial charge in [-0.2, -0.15) is 0 Å². The molecule has 2 rings (SSSR count). The van der Waals surface area contributed by atoms with Crippen molar-refractivity contribution in [3.63, 3.8) is 0 Å². The van der Waals surface area contributed by atoms with Crippen LogP contribution in [0.4, 0.5) is 11.4 Å². The molecule has 1 heterocycles. The first-order valence-corrected chi connectivity index (χ1v) is 6.89. The van der Waals surface area contributed by atoms with Crippen LogP contribution in [0.1, 0.15) is 23.2 Å². The van der Waals surface area contributed by atoms with E-state index in [2.05, 4.69) is 4.90 Å². The highest BCUT2D eigenvalue weighted by Gasteiger charge is 2.26. The molecule has 2 N–H and O–H groups in total. The Labute approximate surface area is 123 Å². The van der Waals surface area contributed by atoms with Gasteiger partial charge in [-0.25, -0.2) is 0 Å². The highest BCUT2D eigenvalue weighted by atomic mass is 16.6. The molecule has 1 atom stereocenters. The largest absolute Gasteiger partial charge is 0.393 e. The summed E-state index contributed by atoms with van der Waals surface area (Å²) in [5, 5.41) is 10.9. The number of piperidine rings is 1. The second kappa shape index (κ2) is 6.09. The molecular weight excluding hydrogens is 272 g/mol. The first kappa shape index (κ1) is 15.2. The fourth-order valence-corrected chi connectivity index (χ4v) is 2.66. The quantitative estimate of drug-likeness (QED) is 0.515. The molecule has 1 amide bonds. The summed E-state index contributed by atoms with van der Waals surface area (Å²) in [5.74, 6) is -0.210. The minimum atomic E-state index is -0.569. The number of carbonyl (C=O) groups excluding carboxylic acids is 1. The zero-order valence-electron chi connectivity index (χ0n) is 12.3. The Morgan fingerprint density at radius 2 is 2.24 bits per heavy atom. The number of benzene rings is 1. The summed E-state index contributed by atoms with van der Waals surface area (Å²) in [6, 6.07) is 4.33. The van der Waals surface area contributed by atoms with Gasteiger partial charge in [0.25, 0.3) is 11.6 Å². The number of nitrogen functional groups attached to an aromatic ring is 1. The topological polar surface area (TPSA) is 92.7 Å². The summed E-state index contributed by atoms with van der Waals surface area (Å²) in [5.41, 5.74) is 5.69. The lowest BCUT2D eigenvalue weighted by molar-refractivity contribution is -0.383. The monoisotopic (exact) mass is 292 g/mol. The maximum Gasteiger partial charge on any atom is 0.292 e. The molecule has 0 saturated carbocycles. The van der Waals surface area contributed by atoms with Crippen LogP contribution >= 0.6 is 0 Å². The van der Waals surface area contributed by atoms with Crippen molar-refractivity contribution in [1.82, 2.24) is 9.80 Å². The minimum absolute atomic E-state index is 0.0663. The fraction of sp³-hybridized carbons (Fsp3) is 0.500. The first-order chi connectivity index (χ1) is 9.90. The van der Waals surface area contributed by atoms with E-state index in [4.69, 9.17) is 5.73 Å². The van der Waals surface area contributed by atoms with E-state index >= 15 is 0 Å². The van der Waals surface area contributed by atoms with Gasteiger partial charge in [0.1, 0.15) is 5.69 Å². The van der Waals surface area contributed by atoms with Crippen molar-refractivity contribution in [2.45, 2.75) is 18.9 Å². The summed E-state index contributed by atoms with van der Waals surface area (Å²) >= 11 is 0. The smallest absolute Gasteiger partial charge is 0.292 e. The molecule has 21 heavy (non-hydrogen) atoms. The average Bonchev–Trinajstić information content (AvgIpc) is 2.46. The molecular formula is C14H20N4O3. The molecule has 0 aliphatic carbocycles. The van der Waals surface area contributed by atoms with Gasteiger partial charge in [0.05, 0.1) is 4.92 Å². The van der Waals surface area contributed by atoms with E-state index in [0.29, 0.717) is 5.56 Å². The predicted octanol–water partition coefficient (Wildman–Crippen LogP) is 1.34. The fourth-order valence-electron chi connectivity index (χ4n) is 2.66. The standard InChI is InChI=1S/C14H20N4O3/c1-16-7-3-4-11(9-16)17(2)14(19)10-5-6-12(15)13(8-10)18(20)21/h5-6,8,11H,3-4,7,9,15H2,1-2H3. The van der Waals surface area contributed by atoms with Crippen LogP contribution in [0.15, 0.2) is 18.2 Å². The van der Waals surface area contributed by atoms with Crippen molar-refractivity contribution in [2.75, 3.05) is 32.9 Å². The molecule has 1 aliphatic rings. The van der Waals surface area contributed by atoms with Crippen molar-refractivity contribution in [3.8, 4) is 0 Å². The maximum absolute atomic E-state index is 12.5. The third kappa shape index (κ3) is 3.30. The number of likely N-dealkylation sites (N-methyl/N-ethyl adjacent to an activating group) is 2. The number of nitro benzene ring substituents is 1. The van der Waals surface area contributed by atoms with Gasteiger partial charge < -0.3 is 15.5 Å². The third-order valence-corrected chi connectivity index (χ3v) is 3.94. The van der Waals surface area contributed by atoms with E-state index in [-0.39, 0.29) is 23.3 Å². The van der Waals surface area contributed by atoms with Crippen molar-refractivity contribution < 1.29 is 9.72 Å². The predicted molar refractivity (Wildman–Crippen MR) is 80.1 cm³/mol. The van der Waals surface area contributed by atoms with Crippen LogP contribution in [0.3, 0.4) is 0 Å². The highest BCUT2D eigenvalue weighted by Crippen LogP contribution is 2.24. The van der Waals surface area contributed by atoms with E-state index in [1.54, 1.807) is 11.9 Å². The molecule has 7 nitrogen and oxygen atoms in total. The zero-order chi connectivity index (χ0) is 15.6. The van der Waals surface area contributed by atoms with Gasteiger partial charge >= 0.3 is 0 Å². The molecule has 0 aromatic heterocycles. The van der Waals surface area contributed by atoms with Crippen LogP contribution in [-0.2, 0) is 0 Å². The first-order valence-electron chi connectivity index (χ1n) is 6.89. The molecule has 1 saturated heterocycles. The van der Waals surface area contributed by atoms with E-state index in [0.717, 1.165) is 25.9 Å². The number of hydrogen-bond acceptors (Lipinski definition) is 5. The summed E-state index contributed by atoms with van der Waals surface area (Å²) in [6.07, 6.45) is 1.99. The Balaban J connectivity index is 2.19. The Kier molecular flexibility index (Phi) is 4.42. The number of nitro groups is 1. The van der Waals surface area contributed by atoms with Gasteiger partial charge in [-0.05, 0) is 38.6 Å². The van der Waals surface area contributed by atoms with Crippen LogP contribution < -0.4 is 5.73 Å². The molecule has 1 aromatic carbocycles. The van der Waals surface area contributed by atoms with Gasteiger partial charge in [-0.1, -0.05) is 0 Å². The van der Waals surface area contributed by atoms with Crippen LogP contribution in [0, 0.1) is 10.1 Å². The van der Waals surface area contributed by atoms with Crippen molar-refractivity contribution >= 4 is 17.3 Å². The van der Waals surface area contributed by atoms with E-state index in [9.17, 15) is 14.9 Å². The van der Waals surface area contributed by atoms with Gasteiger partial charge in [-0.15, -0.1) is 0 Å². The van der Waals surface area contributed by atoms with E-state index in [1.165, 1.54) is 18.2 Å². The molecule has 1 fully saturated rings. The molecule has 0 spiro atoms. The van der Waals surface area contributed by atoms with Crippen LogP contribution in [0.5, 0.6) is 0 Å². The molecule has 1 aliphatic heterocycles. The Hall–Kier alpha value is -2.15. The second-order valence-corrected chi connectivity index (χ2v) is 5.51. The van der Waals surface area contributed by atoms with Crippen LogP contribution in [0.25, 0.3) is 0 Å². The number of rotatable bonds is 3. The normalized spacial score (nSPS) is 19.2. The van der Waals surface area contributed by atoms with Gasteiger partial charge in [0, 0.05) is 31.3 Å². The molecule has 1 aromatic rings. The maximum atomic E-state index is 12.5. The molecule has 7 heteroatoms. The van der Waals surface area contributed by atoms with Gasteiger partial charge in [0.15, 0.2) is 0 Å². The minimum Gasteiger partial charge on any atom is -0.393 e. The number of likely N-dealkylation sites (tertiary alicyclic amines) is 1. The molecule has 0 radical (unpaired) electrons. The lowest BCUT2D eigenvalue weighted by atomic mass is 10.0. The van der Waals surface area contributed by atoms with E-state index < -0.39 is 4.92 Å². The summed E-state index contributed by atoms with van der Waals surface area (Å²) < 4.78 is 0. The van der Waals surface area contributed by atoms with Gasteiger partial charge in [-0.3, -0.25) is 14.9 Å². The number of carbonyl (C=O) groups is 1. The van der Waals surface area contributed by atoms with Crippen molar-refractivity contribution in [3.05, 3.63) is 33.9 Å². The van der Waals surface area contributed by atoms with Gasteiger partial charge in [0.2, 0.25) is 0 Å². The molecule has 114 valence electrons. The van der Waals surface area contributed by atoms with Crippen LogP contribution in [-0.4, -0.2) is 53.9 Å². The molecule has 1 unspecified atom stereocenters. The highest BCUT2D eigenvalue weighted by molar-refractivity contribution is 5.95. The van der Waals surface area contributed by atoms with Crippen molar-refractivity contribution in [2.24, 2.45) is 0 Å². The third-order valence-electron chi connectivity index (χ3n) is 3.94. The Morgan fingerprint density at radius 3 is 2.86 bits per heavy atom. The second-order valence-electron chi connectivity index (χ2n) is 5.51. The van der Waals surface area contributed by atoms with E-state index in [1.807, 2.05) is 7.05 Å². The summed E-state index contributed by atoms with van der Waals surface area (Å²) in [4.78, 5) is 26.7. The summed E-state index contributed by atoms with van der Waals surface area (Å²) in [7, 11) is 3.77.